The van der Waals surface area contributed by atoms with Gasteiger partial charge in [-0.15, -0.1) is 0 Å². The lowest BCUT2D eigenvalue weighted by atomic mass is 10.2. The molecule has 0 saturated heterocycles. The summed E-state index contributed by atoms with van der Waals surface area (Å²) in [6, 6.07) is 3.38. The van der Waals surface area contributed by atoms with Gasteiger partial charge in [0, 0.05) is 16.7 Å². The lowest BCUT2D eigenvalue weighted by Crippen LogP contribution is -2.19. The number of carbonyl (C=O) groups is 1. The van der Waals surface area contributed by atoms with Crippen LogP contribution in [0.2, 0.25) is 0 Å². The van der Waals surface area contributed by atoms with Gasteiger partial charge >= 0.3 is 0 Å². The highest BCUT2D eigenvalue weighted by atomic mass is 79.9. The molecule has 0 saturated carbocycles. The monoisotopic (exact) mass is 356 g/mol. The predicted molar refractivity (Wildman–Crippen MR) is 78.8 cm³/mol. The van der Waals surface area contributed by atoms with Crippen molar-refractivity contribution in [3.63, 3.8) is 0 Å². The molecule has 8 heteroatoms. The molecular formula is C13H11BrF2N4O. The summed E-state index contributed by atoms with van der Waals surface area (Å²) in [5, 5.41) is 2.29. The highest BCUT2D eigenvalue weighted by Gasteiger charge is 2.16. The molecule has 0 spiro atoms. The molecule has 1 aromatic heterocycles. The van der Waals surface area contributed by atoms with Crippen molar-refractivity contribution in [3.8, 4) is 0 Å². The number of nitrogens with zero attached hydrogens (tertiary/aromatic N) is 1. The molecule has 2 rings (SSSR count). The average molecular weight is 357 g/mol. The molecule has 1 amide bonds. The smallest absolute Gasteiger partial charge is 0.259 e. The van der Waals surface area contributed by atoms with Crippen molar-refractivity contribution in [2.24, 2.45) is 5.84 Å². The van der Waals surface area contributed by atoms with Crippen molar-refractivity contribution in [2.45, 2.75) is 6.92 Å². The Balaban J connectivity index is 2.34. The summed E-state index contributed by atoms with van der Waals surface area (Å²) in [4.78, 5) is 16.0. The van der Waals surface area contributed by atoms with Crippen LogP contribution in [0.15, 0.2) is 28.9 Å². The fraction of sp³-hybridized carbons (Fsp3) is 0.0769. The third kappa shape index (κ3) is 3.34. The minimum absolute atomic E-state index is 0.0901. The number of hydrogen-bond acceptors (Lipinski definition) is 4. The van der Waals surface area contributed by atoms with E-state index in [0.717, 1.165) is 12.1 Å². The molecule has 4 N–H and O–H groups in total. The summed E-state index contributed by atoms with van der Waals surface area (Å²) in [5.74, 6) is 3.37. The van der Waals surface area contributed by atoms with Crippen LogP contribution in [0.25, 0.3) is 0 Å². The van der Waals surface area contributed by atoms with Crippen LogP contribution in [0.5, 0.6) is 0 Å². The average Bonchev–Trinajstić information content (AvgIpc) is 2.44. The quantitative estimate of drug-likeness (QED) is 0.583. The van der Waals surface area contributed by atoms with E-state index in [-0.39, 0.29) is 22.6 Å². The third-order valence-electron chi connectivity index (χ3n) is 2.73. The topological polar surface area (TPSA) is 80.0 Å². The molecule has 0 bridgehead atoms. The molecule has 0 fully saturated rings. The van der Waals surface area contributed by atoms with Crippen molar-refractivity contribution in [1.82, 2.24) is 4.98 Å². The molecule has 0 unspecified atom stereocenters. The summed E-state index contributed by atoms with van der Waals surface area (Å²) in [6.07, 6.45) is 1.44. The predicted octanol–water partition coefficient (Wildman–Crippen LogP) is 2.97. The van der Waals surface area contributed by atoms with Gasteiger partial charge in [-0.25, -0.2) is 19.6 Å². The number of hydrogen-bond donors (Lipinski definition) is 3. The number of aryl methyl sites for hydroxylation is 1. The van der Waals surface area contributed by atoms with Crippen LogP contribution < -0.4 is 16.6 Å². The number of hydrazine groups is 1. The van der Waals surface area contributed by atoms with Gasteiger partial charge in [-0.1, -0.05) is 0 Å². The van der Waals surface area contributed by atoms with Crippen molar-refractivity contribution < 1.29 is 13.6 Å². The molecular weight excluding hydrogens is 346 g/mol. The van der Waals surface area contributed by atoms with Crippen molar-refractivity contribution >= 4 is 33.3 Å². The number of anilines is 2. The van der Waals surface area contributed by atoms with Gasteiger partial charge in [-0.2, -0.15) is 0 Å². The van der Waals surface area contributed by atoms with Crippen LogP contribution in [0.1, 0.15) is 15.9 Å². The maximum atomic E-state index is 13.7. The van der Waals surface area contributed by atoms with E-state index in [4.69, 9.17) is 5.84 Å². The zero-order valence-electron chi connectivity index (χ0n) is 10.9. The first-order valence-corrected chi connectivity index (χ1v) is 6.61. The number of aromatic nitrogens is 1. The van der Waals surface area contributed by atoms with E-state index in [2.05, 4.69) is 31.7 Å². The Hall–Kier alpha value is -2.06. The molecule has 21 heavy (non-hydrogen) atoms. The molecule has 0 atom stereocenters. The molecule has 0 aliphatic heterocycles. The van der Waals surface area contributed by atoms with E-state index in [1.807, 2.05) is 0 Å². The van der Waals surface area contributed by atoms with E-state index in [0.29, 0.717) is 4.47 Å². The zero-order chi connectivity index (χ0) is 15.6. The first-order chi connectivity index (χ1) is 9.92. The Labute approximate surface area is 127 Å². The summed E-state index contributed by atoms with van der Waals surface area (Å²) in [6.45, 7) is 1.43. The largest absolute Gasteiger partial charge is 0.319 e. The molecule has 5 nitrogen and oxygen atoms in total. The first kappa shape index (κ1) is 15.3. The lowest BCUT2D eigenvalue weighted by molar-refractivity contribution is 0.102. The number of halogens is 3. The number of nitrogen functional groups attached to an aromatic ring is 1. The molecule has 0 aliphatic rings. The standard InChI is InChI=1S/C13H11BrF2N4O/c1-6-2-10(16)11(4-9(6)15)19-13(21)8-3-7(14)5-18-12(8)20-17/h2-5H,17H2,1H3,(H,18,20)(H,19,21). The second kappa shape index (κ2) is 6.15. The van der Waals surface area contributed by atoms with Gasteiger partial charge in [0.2, 0.25) is 0 Å². The Morgan fingerprint density at radius 1 is 1.29 bits per heavy atom. The normalized spacial score (nSPS) is 10.3. The van der Waals surface area contributed by atoms with Crippen LogP contribution in [-0.4, -0.2) is 10.9 Å². The molecule has 1 heterocycles. The van der Waals surface area contributed by atoms with E-state index >= 15 is 0 Å². The molecule has 0 aliphatic carbocycles. The highest BCUT2D eigenvalue weighted by Crippen LogP contribution is 2.22. The second-order valence-electron chi connectivity index (χ2n) is 4.23. The number of rotatable bonds is 3. The maximum Gasteiger partial charge on any atom is 0.259 e. The fourth-order valence-corrected chi connectivity index (χ4v) is 1.99. The van der Waals surface area contributed by atoms with Gasteiger partial charge in [-0.05, 0) is 40.5 Å². The van der Waals surface area contributed by atoms with E-state index < -0.39 is 17.5 Å². The molecule has 0 radical (unpaired) electrons. The third-order valence-corrected chi connectivity index (χ3v) is 3.17. The van der Waals surface area contributed by atoms with Gasteiger partial charge in [0.05, 0.1) is 11.3 Å². The lowest BCUT2D eigenvalue weighted by Gasteiger charge is -2.10. The van der Waals surface area contributed by atoms with Crippen LogP contribution in [0, 0.1) is 18.6 Å². The van der Waals surface area contributed by atoms with Crippen LogP contribution in [0.3, 0.4) is 0 Å². The maximum absolute atomic E-state index is 13.7. The second-order valence-corrected chi connectivity index (χ2v) is 5.15. The van der Waals surface area contributed by atoms with Crippen molar-refractivity contribution in [1.29, 1.82) is 0 Å². The summed E-state index contributed by atoms with van der Waals surface area (Å²) in [5.41, 5.74) is 2.25. The summed E-state index contributed by atoms with van der Waals surface area (Å²) in [7, 11) is 0. The number of amides is 1. The first-order valence-electron chi connectivity index (χ1n) is 5.81. The fourth-order valence-electron chi connectivity index (χ4n) is 1.66. The van der Waals surface area contributed by atoms with Crippen LogP contribution in [0.4, 0.5) is 20.3 Å². The summed E-state index contributed by atoms with van der Waals surface area (Å²) < 4.78 is 27.7. The Bertz CT molecular complexity index is 709. The van der Waals surface area contributed by atoms with E-state index in [1.165, 1.54) is 19.2 Å². The van der Waals surface area contributed by atoms with Gasteiger partial charge < -0.3 is 10.7 Å². The van der Waals surface area contributed by atoms with Crippen LogP contribution >= 0.6 is 15.9 Å². The van der Waals surface area contributed by atoms with Gasteiger partial charge in [0.25, 0.3) is 5.91 Å². The minimum Gasteiger partial charge on any atom is -0.319 e. The SMILES string of the molecule is Cc1cc(F)c(NC(=O)c2cc(Br)cnc2NN)cc1F. The Morgan fingerprint density at radius 2 is 2.00 bits per heavy atom. The summed E-state index contributed by atoms with van der Waals surface area (Å²) >= 11 is 3.17. The van der Waals surface area contributed by atoms with Crippen LogP contribution in [-0.2, 0) is 0 Å². The number of pyridine rings is 1. The zero-order valence-corrected chi connectivity index (χ0v) is 12.5. The molecule has 1 aromatic carbocycles. The number of nitrogens with one attached hydrogen (secondary N) is 2. The van der Waals surface area contributed by atoms with E-state index in [9.17, 15) is 13.6 Å². The minimum atomic E-state index is -0.729. The number of benzene rings is 1. The molecule has 110 valence electrons. The number of carbonyl (C=O) groups excluding carboxylic acids is 1. The highest BCUT2D eigenvalue weighted by molar-refractivity contribution is 9.10. The van der Waals surface area contributed by atoms with Gasteiger partial charge in [0.15, 0.2) is 5.82 Å². The van der Waals surface area contributed by atoms with E-state index in [1.54, 1.807) is 0 Å². The Morgan fingerprint density at radius 3 is 2.67 bits per heavy atom. The Kier molecular flexibility index (Phi) is 4.49. The van der Waals surface area contributed by atoms with Gasteiger partial charge in [-0.3, -0.25) is 4.79 Å². The number of nitrogens with two attached hydrogens (primary N) is 1. The van der Waals surface area contributed by atoms with Crippen molar-refractivity contribution in [2.75, 3.05) is 10.7 Å². The van der Waals surface area contributed by atoms with Crippen molar-refractivity contribution in [3.05, 3.63) is 51.6 Å². The molecule has 2 aromatic rings. The van der Waals surface area contributed by atoms with Gasteiger partial charge in [0.1, 0.15) is 11.6 Å².